The van der Waals surface area contributed by atoms with Crippen LogP contribution < -0.4 is 5.32 Å². The molecule has 1 aromatic rings. The van der Waals surface area contributed by atoms with Gasteiger partial charge in [0.25, 0.3) is 0 Å². The molecule has 0 fully saturated rings. The Labute approximate surface area is 113 Å². The third-order valence-electron chi connectivity index (χ3n) is 2.24. The van der Waals surface area contributed by atoms with Gasteiger partial charge in [0.05, 0.1) is 6.61 Å². The van der Waals surface area contributed by atoms with Gasteiger partial charge in [0.15, 0.2) is 0 Å². The van der Waals surface area contributed by atoms with Gasteiger partial charge in [0.2, 0.25) is 0 Å². The van der Waals surface area contributed by atoms with Crippen LogP contribution in [0.2, 0.25) is 10.0 Å². The first-order valence-electron chi connectivity index (χ1n) is 5.82. The summed E-state index contributed by atoms with van der Waals surface area (Å²) < 4.78 is 5.47. The zero-order valence-corrected chi connectivity index (χ0v) is 11.8. The maximum Gasteiger partial charge on any atom is 0.0591 e. The van der Waals surface area contributed by atoms with Crippen LogP contribution in [-0.4, -0.2) is 19.8 Å². The number of ether oxygens (including phenoxy) is 1. The predicted molar refractivity (Wildman–Crippen MR) is 73.8 cm³/mol. The van der Waals surface area contributed by atoms with Gasteiger partial charge in [-0.15, -0.1) is 0 Å². The molecule has 0 amide bonds. The van der Waals surface area contributed by atoms with E-state index in [1.54, 1.807) is 0 Å². The zero-order valence-electron chi connectivity index (χ0n) is 10.3. The first-order chi connectivity index (χ1) is 8.11. The Kier molecular flexibility index (Phi) is 6.90. The summed E-state index contributed by atoms with van der Waals surface area (Å²) in [6.45, 7) is 7.25. The molecule has 0 aromatic heterocycles. The van der Waals surface area contributed by atoms with Gasteiger partial charge in [-0.3, -0.25) is 0 Å². The normalized spacial score (nSPS) is 11.1. The Morgan fingerprint density at radius 1 is 1.24 bits per heavy atom. The van der Waals surface area contributed by atoms with Gasteiger partial charge >= 0.3 is 0 Å². The average molecular weight is 276 g/mol. The average Bonchev–Trinajstić information content (AvgIpc) is 2.26. The van der Waals surface area contributed by atoms with E-state index < -0.39 is 0 Å². The van der Waals surface area contributed by atoms with Crippen molar-refractivity contribution in [3.05, 3.63) is 33.8 Å². The second kappa shape index (κ2) is 7.93. The van der Waals surface area contributed by atoms with Crippen LogP contribution in [0.5, 0.6) is 0 Å². The van der Waals surface area contributed by atoms with Crippen molar-refractivity contribution in [2.45, 2.75) is 20.4 Å². The molecule has 0 saturated carbocycles. The predicted octanol–water partition coefficient (Wildman–Crippen LogP) is 3.76. The van der Waals surface area contributed by atoms with Crippen LogP contribution in [0.4, 0.5) is 0 Å². The molecule has 0 spiro atoms. The van der Waals surface area contributed by atoms with Gasteiger partial charge in [-0.1, -0.05) is 43.1 Å². The van der Waals surface area contributed by atoms with Gasteiger partial charge in [-0.2, -0.15) is 0 Å². The monoisotopic (exact) mass is 275 g/mol. The van der Waals surface area contributed by atoms with Crippen molar-refractivity contribution in [1.82, 2.24) is 5.32 Å². The quantitative estimate of drug-likeness (QED) is 0.766. The summed E-state index contributed by atoms with van der Waals surface area (Å²) in [4.78, 5) is 0. The lowest BCUT2D eigenvalue weighted by molar-refractivity contribution is 0.111. The third kappa shape index (κ3) is 5.73. The molecule has 1 N–H and O–H groups in total. The van der Waals surface area contributed by atoms with E-state index in [4.69, 9.17) is 27.9 Å². The fourth-order valence-corrected chi connectivity index (χ4v) is 1.91. The molecule has 0 aliphatic heterocycles. The maximum absolute atomic E-state index is 6.06. The number of halogens is 2. The summed E-state index contributed by atoms with van der Waals surface area (Å²) >= 11 is 12.1. The molecule has 0 heterocycles. The van der Waals surface area contributed by atoms with Crippen molar-refractivity contribution in [1.29, 1.82) is 0 Å². The molecule has 96 valence electrons. The number of nitrogens with one attached hydrogen (secondary N) is 1. The number of benzene rings is 1. The molecule has 2 nitrogen and oxygen atoms in total. The standard InChI is InChI=1S/C13H19Cl2NO/c1-10(2)9-17-7-6-16-8-11-12(14)4-3-5-13(11)15/h3-5,10,16H,6-9H2,1-2H3. The molecule has 17 heavy (non-hydrogen) atoms. The lowest BCUT2D eigenvalue weighted by atomic mass is 10.2. The highest BCUT2D eigenvalue weighted by Crippen LogP contribution is 2.23. The van der Waals surface area contributed by atoms with Crippen LogP contribution >= 0.6 is 23.2 Å². The van der Waals surface area contributed by atoms with Gasteiger partial charge in [0, 0.05) is 35.3 Å². The van der Waals surface area contributed by atoms with E-state index in [9.17, 15) is 0 Å². The van der Waals surface area contributed by atoms with E-state index in [-0.39, 0.29) is 0 Å². The van der Waals surface area contributed by atoms with Crippen LogP contribution in [0.3, 0.4) is 0 Å². The second-order valence-electron chi connectivity index (χ2n) is 4.35. The van der Waals surface area contributed by atoms with Gasteiger partial charge in [-0.05, 0) is 18.1 Å². The fourth-order valence-electron chi connectivity index (χ4n) is 1.38. The molecule has 0 atom stereocenters. The molecular weight excluding hydrogens is 257 g/mol. The van der Waals surface area contributed by atoms with Crippen LogP contribution in [0.15, 0.2) is 18.2 Å². The van der Waals surface area contributed by atoms with E-state index in [0.29, 0.717) is 29.1 Å². The van der Waals surface area contributed by atoms with Crippen molar-refractivity contribution in [3.63, 3.8) is 0 Å². The van der Waals surface area contributed by atoms with Crippen molar-refractivity contribution in [3.8, 4) is 0 Å². The molecule has 1 aromatic carbocycles. The van der Waals surface area contributed by atoms with Crippen LogP contribution in [0.1, 0.15) is 19.4 Å². The largest absolute Gasteiger partial charge is 0.380 e. The van der Waals surface area contributed by atoms with E-state index in [1.807, 2.05) is 18.2 Å². The number of hydrogen-bond donors (Lipinski definition) is 1. The molecule has 0 unspecified atom stereocenters. The summed E-state index contributed by atoms with van der Waals surface area (Å²) in [6.07, 6.45) is 0. The van der Waals surface area contributed by atoms with Gasteiger partial charge < -0.3 is 10.1 Å². The lowest BCUT2D eigenvalue weighted by Crippen LogP contribution is -2.20. The summed E-state index contributed by atoms with van der Waals surface area (Å²) in [5.74, 6) is 0.577. The Balaban J connectivity index is 2.22. The fraction of sp³-hybridized carbons (Fsp3) is 0.538. The summed E-state index contributed by atoms with van der Waals surface area (Å²) in [5.41, 5.74) is 0.944. The van der Waals surface area contributed by atoms with Crippen molar-refractivity contribution < 1.29 is 4.74 Å². The smallest absolute Gasteiger partial charge is 0.0591 e. The highest BCUT2D eigenvalue weighted by atomic mass is 35.5. The molecule has 0 aliphatic rings. The van der Waals surface area contributed by atoms with Gasteiger partial charge in [0.1, 0.15) is 0 Å². The summed E-state index contributed by atoms with van der Waals surface area (Å²) in [7, 11) is 0. The Hall–Kier alpha value is -0.280. The molecule has 0 saturated heterocycles. The van der Waals surface area contributed by atoms with Crippen molar-refractivity contribution in [2.24, 2.45) is 5.92 Å². The first-order valence-corrected chi connectivity index (χ1v) is 6.58. The highest BCUT2D eigenvalue weighted by molar-refractivity contribution is 6.35. The maximum atomic E-state index is 6.06. The Morgan fingerprint density at radius 3 is 2.47 bits per heavy atom. The van der Waals surface area contributed by atoms with Crippen molar-refractivity contribution >= 4 is 23.2 Å². The summed E-state index contributed by atoms with van der Waals surface area (Å²) in [6, 6.07) is 5.54. The van der Waals surface area contributed by atoms with Crippen LogP contribution in [-0.2, 0) is 11.3 Å². The van der Waals surface area contributed by atoms with Crippen LogP contribution in [0, 0.1) is 5.92 Å². The Morgan fingerprint density at radius 2 is 1.88 bits per heavy atom. The molecule has 0 bridgehead atoms. The summed E-state index contributed by atoms with van der Waals surface area (Å²) in [5, 5.41) is 4.67. The minimum Gasteiger partial charge on any atom is -0.380 e. The molecule has 0 aliphatic carbocycles. The molecular formula is C13H19Cl2NO. The van der Waals surface area contributed by atoms with E-state index in [1.165, 1.54) is 0 Å². The Bertz CT molecular complexity index is 322. The SMILES string of the molecule is CC(C)COCCNCc1c(Cl)cccc1Cl. The molecule has 1 rings (SSSR count). The minimum atomic E-state index is 0.577. The number of hydrogen-bond acceptors (Lipinski definition) is 2. The molecule has 0 radical (unpaired) electrons. The second-order valence-corrected chi connectivity index (χ2v) is 5.16. The first kappa shape index (κ1) is 14.8. The number of rotatable bonds is 7. The zero-order chi connectivity index (χ0) is 12.7. The van der Waals surface area contributed by atoms with Gasteiger partial charge in [-0.25, -0.2) is 0 Å². The minimum absolute atomic E-state index is 0.577. The highest BCUT2D eigenvalue weighted by Gasteiger charge is 2.04. The molecule has 4 heteroatoms. The van der Waals surface area contributed by atoms with Crippen LogP contribution in [0.25, 0.3) is 0 Å². The lowest BCUT2D eigenvalue weighted by Gasteiger charge is -2.10. The van der Waals surface area contributed by atoms with E-state index in [0.717, 1.165) is 18.7 Å². The topological polar surface area (TPSA) is 21.3 Å². The van der Waals surface area contributed by atoms with E-state index in [2.05, 4.69) is 19.2 Å². The van der Waals surface area contributed by atoms with E-state index >= 15 is 0 Å². The van der Waals surface area contributed by atoms with Crippen molar-refractivity contribution in [2.75, 3.05) is 19.8 Å². The third-order valence-corrected chi connectivity index (χ3v) is 2.95.